The predicted octanol–water partition coefficient (Wildman–Crippen LogP) is 3.12. The molecule has 3 nitrogen and oxygen atoms in total. The standard InChI is InChI=1S/C17H26NO2/c1-5-17(19)20-13-9-12-18(3,4)14-15(2)16-10-7-6-8-11-16/h6-8,10-11H,2,5,9,12-14H2,1,3-4H3/q+1. The van der Waals surface area contributed by atoms with Crippen LogP contribution in [0.5, 0.6) is 0 Å². The van der Waals surface area contributed by atoms with Gasteiger partial charge in [0.2, 0.25) is 0 Å². The molecular weight excluding hydrogens is 250 g/mol. The van der Waals surface area contributed by atoms with E-state index in [1.165, 1.54) is 5.56 Å². The number of esters is 1. The Kier molecular flexibility index (Phi) is 6.46. The molecule has 0 N–H and O–H groups in total. The first-order valence-electron chi connectivity index (χ1n) is 7.15. The molecule has 0 fully saturated rings. The van der Waals surface area contributed by atoms with Crippen LogP contribution in [0.2, 0.25) is 0 Å². The lowest BCUT2D eigenvalue weighted by molar-refractivity contribution is -0.883. The van der Waals surface area contributed by atoms with Gasteiger partial charge in [0.25, 0.3) is 0 Å². The van der Waals surface area contributed by atoms with Gasteiger partial charge < -0.3 is 9.22 Å². The third-order valence-corrected chi connectivity index (χ3v) is 3.26. The maximum absolute atomic E-state index is 11.1. The van der Waals surface area contributed by atoms with E-state index in [1.54, 1.807) is 0 Å². The number of hydrogen-bond acceptors (Lipinski definition) is 2. The Bertz CT molecular complexity index is 438. The minimum absolute atomic E-state index is 0.121. The van der Waals surface area contributed by atoms with Crippen molar-refractivity contribution in [2.24, 2.45) is 0 Å². The summed E-state index contributed by atoms with van der Waals surface area (Å²) in [7, 11) is 4.35. The monoisotopic (exact) mass is 276 g/mol. The Hall–Kier alpha value is -1.61. The van der Waals surface area contributed by atoms with Gasteiger partial charge in [-0.1, -0.05) is 43.8 Å². The SMILES string of the molecule is C=C(C[N+](C)(C)CCCOC(=O)CC)c1ccccc1. The number of nitrogens with zero attached hydrogens (tertiary/aromatic N) is 1. The highest BCUT2D eigenvalue weighted by Crippen LogP contribution is 2.16. The van der Waals surface area contributed by atoms with Crippen molar-refractivity contribution in [3.05, 3.63) is 42.5 Å². The molecule has 110 valence electrons. The molecule has 1 aromatic carbocycles. The van der Waals surface area contributed by atoms with E-state index in [0.717, 1.165) is 29.6 Å². The quantitative estimate of drug-likeness (QED) is 0.414. The number of carbonyl (C=O) groups excluding carboxylic acids is 1. The third kappa shape index (κ3) is 6.02. The number of hydrogen-bond donors (Lipinski definition) is 0. The Morgan fingerprint density at radius 2 is 1.90 bits per heavy atom. The van der Waals surface area contributed by atoms with Gasteiger partial charge in [0, 0.05) is 18.4 Å². The van der Waals surface area contributed by atoms with Gasteiger partial charge in [-0.15, -0.1) is 0 Å². The molecule has 1 aromatic rings. The highest BCUT2D eigenvalue weighted by molar-refractivity contribution is 5.68. The summed E-state index contributed by atoms with van der Waals surface area (Å²) in [5, 5.41) is 0. The molecule has 0 aliphatic heterocycles. The number of quaternary nitrogens is 1. The first kappa shape index (κ1) is 16.4. The lowest BCUT2D eigenvalue weighted by atomic mass is 10.1. The van der Waals surface area contributed by atoms with Gasteiger partial charge in [0.1, 0.15) is 6.54 Å². The first-order chi connectivity index (χ1) is 9.44. The van der Waals surface area contributed by atoms with Crippen molar-refractivity contribution in [1.29, 1.82) is 0 Å². The fourth-order valence-electron chi connectivity index (χ4n) is 2.14. The Morgan fingerprint density at radius 3 is 2.50 bits per heavy atom. The topological polar surface area (TPSA) is 26.3 Å². The van der Waals surface area contributed by atoms with E-state index in [-0.39, 0.29) is 5.97 Å². The minimum atomic E-state index is -0.121. The molecule has 0 radical (unpaired) electrons. The second kappa shape index (κ2) is 7.85. The summed E-state index contributed by atoms with van der Waals surface area (Å²) in [6.07, 6.45) is 1.32. The molecule has 0 unspecified atom stereocenters. The molecule has 1 rings (SSSR count). The van der Waals surface area contributed by atoms with Crippen molar-refractivity contribution in [2.75, 3.05) is 33.8 Å². The van der Waals surface area contributed by atoms with Crippen LogP contribution in [0, 0.1) is 0 Å². The van der Waals surface area contributed by atoms with E-state index in [4.69, 9.17) is 4.74 Å². The van der Waals surface area contributed by atoms with Crippen LogP contribution in [0.15, 0.2) is 36.9 Å². The Morgan fingerprint density at radius 1 is 1.25 bits per heavy atom. The fraction of sp³-hybridized carbons (Fsp3) is 0.471. The number of likely N-dealkylation sites (N-methyl/N-ethyl adjacent to an activating group) is 1. The molecular formula is C17H26NO2+. The molecule has 0 heterocycles. The minimum Gasteiger partial charge on any atom is -0.465 e. The van der Waals surface area contributed by atoms with Gasteiger partial charge in [-0.05, 0) is 5.56 Å². The zero-order chi connectivity index (χ0) is 15.0. The number of rotatable bonds is 8. The Labute approximate surface area is 122 Å². The van der Waals surface area contributed by atoms with E-state index < -0.39 is 0 Å². The summed E-state index contributed by atoms with van der Waals surface area (Å²) >= 11 is 0. The molecule has 3 heteroatoms. The average molecular weight is 276 g/mol. The number of carbonyl (C=O) groups is 1. The van der Waals surface area contributed by atoms with Gasteiger partial charge >= 0.3 is 5.97 Å². The lowest BCUT2D eigenvalue weighted by Gasteiger charge is -2.30. The van der Waals surface area contributed by atoms with Crippen LogP contribution in [0.3, 0.4) is 0 Å². The molecule has 0 bridgehead atoms. The number of ether oxygens (including phenoxy) is 1. The third-order valence-electron chi connectivity index (χ3n) is 3.26. The molecule has 0 atom stereocenters. The summed E-state index contributed by atoms with van der Waals surface area (Å²) in [5.41, 5.74) is 2.33. The summed E-state index contributed by atoms with van der Waals surface area (Å²) in [4.78, 5) is 11.1. The Balaban J connectivity index is 2.37. The van der Waals surface area contributed by atoms with Crippen molar-refractivity contribution in [2.45, 2.75) is 19.8 Å². The summed E-state index contributed by atoms with van der Waals surface area (Å²) in [6, 6.07) is 10.3. The van der Waals surface area contributed by atoms with Crippen LogP contribution in [-0.2, 0) is 9.53 Å². The van der Waals surface area contributed by atoms with Crippen molar-refractivity contribution in [3.63, 3.8) is 0 Å². The van der Waals surface area contributed by atoms with Gasteiger partial charge in [0.05, 0.1) is 27.2 Å². The predicted molar refractivity (Wildman–Crippen MR) is 83.2 cm³/mol. The normalized spacial score (nSPS) is 11.2. The van der Waals surface area contributed by atoms with Crippen molar-refractivity contribution < 1.29 is 14.0 Å². The number of benzene rings is 1. The van der Waals surface area contributed by atoms with E-state index in [1.807, 2.05) is 25.1 Å². The van der Waals surface area contributed by atoms with Crippen molar-refractivity contribution >= 4 is 11.5 Å². The molecule has 0 aliphatic rings. The maximum Gasteiger partial charge on any atom is 0.305 e. The van der Waals surface area contributed by atoms with Gasteiger partial charge in [-0.3, -0.25) is 4.79 Å². The van der Waals surface area contributed by atoms with Crippen LogP contribution >= 0.6 is 0 Å². The van der Waals surface area contributed by atoms with Crippen LogP contribution in [0.25, 0.3) is 5.57 Å². The van der Waals surface area contributed by atoms with Crippen LogP contribution < -0.4 is 0 Å². The van der Waals surface area contributed by atoms with Crippen LogP contribution in [0.1, 0.15) is 25.3 Å². The summed E-state index contributed by atoms with van der Waals surface area (Å²) in [5.74, 6) is -0.121. The van der Waals surface area contributed by atoms with E-state index in [2.05, 4.69) is 32.8 Å². The largest absolute Gasteiger partial charge is 0.465 e. The second-order valence-corrected chi connectivity index (χ2v) is 5.71. The fourth-order valence-corrected chi connectivity index (χ4v) is 2.14. The van der Waals surface area contributed by atoms with Gasteiger partial charge in [-0.25, -0.2) is 0 Å². The molecule has 0 aromatic heterocycles. The highest BCUT2D eigenvalue weighted by atomic mass is 16.5. The lowest BCUT2D eigenvalue weighted by Crippen LogP contribution is -2.42. The van der Waals surface area contributed by atoms with Crippen molar-refractivity contribution in [1.82, 2.24) is 0 Å². The molecule has 0 aliphatic carbocycles. The zero-order valence-corrected chi connectivity index (χ0v) is 12.9. The van der Waals surface area contributed by atoms with E-state index in [9.17, 15) is 4.79 Å². The molecule has 20 heavy (non-hydrogen) atoms. The zero-order valence-electron chi connectivity index (χ0n) is 12.9. The first-order valence-corrected chi connectivity index (χ1v) is 7.15. The van der Waals surface area contributed by atoms with Crippen LogP contribution in [-0.4, -0.2) is 44.2 Å². The summed E-state index contributed by atoms with van der Waals surface area (Å²) < 4.78 is 5.95. The van der Waals surface area contributed by atoms with E-state index >= 15 is 0 Å². The molecule has 0 amide bonds. The van der Waals surface area contributed by atoms with E-state index in [0.29, 0.717) is 13.0 Å². The highest BCUT2D eigenvalue weighted by Gasteiger charge is 2.17. The van der Waals surface area contributed by atoms with Crippen molar-refractivity contribution in [3.8, 4) is 0 Å². The molecule has 0 saturated carbocycles. The second-order valence-electron chi connectivity index (χ2n) is 5.71. The van der Waals surface area contributed by atoms with Crippen LogP contribution in [0.4, 0.5) is 0 Å². The maximum atomic E-state index is 11.1. The molecule has 0 spiro atoms. The average Bonchev–Trinajstić information content (AvgIpc) is 2.43. The van der Waals surface area contributed by atoms with Gasteiger partial charge in [-0.2, -0.15) is 0 Å². The molecule has 0 saturated heterocycles. The summed E-state index contributed by atoms with van der Waals surface area (Å²) in [6.45, 7) is 8.35. The van der Waals surface area contributed by atoms with Gasteiger partial charge in [0.15, 0.2) is 0 Å². The smallest absolute Gasteiger partial charge is 0.305 e.